The molecule has 0 aliphatic rings. The Morgan fingerprint density at radius 2 is 1.94 bits per heavy atom. The Morgan fingerprint density at radius 1 is 1.33 bits per heavy atom. The van der Waals surface area contributed by atoms with Crippen LogP contribution in [0.4, 0.5) is 4.79 Å². The second-order valence-electron chi connectivity index (χ2n) is 5.42. The fourth-order valence-corrected chi connectivity index (χ4v) is 1.48. The van der Waals surface area contributed by atoms with Gasteiger partial charge in [0.15, 0.2) is 0 Å². The Balaban J connectivity index is 3.78. The monoisotopic (exact) mass is 255 g/mol. The molecular weight excluding hydrogens is 230 g/mol. The molecule has 0 radical (unpaired) electrons. The second-order valence-corrected chi connectivity index (χ2v) is 5.42. The molecule has 1 N–H and O–H groups in total. The molecule has 104 valence electrons. The lowest BCUT2D eigenvalue weighted by molar-refractivity contribution is -0.119. The van der Waals surface area contributed by atoms with E-state index in [1.54, 1.807) is 20.8 Å². The van der Waals surface area contributed by atoms with Crippen molar-refractivity contribution in [3.05, 3.63) is 12.2 Å². The molecule has 0 fully saturated rings. The van der Waals surface area contributed by atoms with Crippen molar-refractivity contribution in [1.82, 2.24) is 5.32 Å². The van der Waals surface area contributed by atoms with E-state index >= 15 is 0 Å². The van der Waals surface area contributed by atoms with Gasteiger partial charge in [0.25, 0.3) is 0 Å². The van der Waals surface area contributed by atoms with Crippen molar-refractivity contribution >= 4 is 11.9 Å². The summed E-state index contributed by atoms with van der Waals surface area (Å²) in [4.78, 5) is 22.9. The first-order chi connectivity index (χ1) is 8.24. The number of carbonyl (C=O) groups excluding carboxylic acids is 2. The summed E-state index contributed by atoms with van der Waals surface area (Å²) >= 11 is 0. The van der Waals surface area contributed by atoms with Gasteiger partial charge in [0.1, 0.15) is 11.4 Å². The third-order valence-corrected chi connectivity index (χ3v) is 2.14. The number of rotatable bonds is 6. The maximum Gasteiger partial charge on any atom is 0.407 e. The highest BCUT2D eigenvalue weighted by molar-refractivity contribution is 5.79. The van der Waals surface area contributed by atoms with Crippen LogP contribution in [0.3, 0.4) is 0 Å². The Hall–Kier alpha value is -1.32. The number of ether oxygens (including phenoxy) is 1. The van der Waals surface area contributed by atoms with Crippen LogP contribution in [0, 0.1) is 5.92 Å². The van der Waals surface area contributed by atoms with Crippen molar-refractivity contribution in [3.8, 4) is 0 Å². The molecule has 1 atom stereocenters. The van der Waals surface area contributed by atoms with E-state index in [4.69, 9.17) is 4.74 Å². The number of hydrogen-bond donors (Lipinski definition) is 1. The average molecular weight is 255 g/mol. The molecule has 0 heterocycles. The Kier molecular flexibility index (Phi) is 7.32. The number of hydrogen-bond acceptors (Lipinski definition) is 3. The molecule has 18 heavy (non-hydrogen) atoms. The van der Waals surface area contributed by atoms with E-state index in [1.807, 2.05) is 26.0 Å². The maximum atomic E-state index is 11.6. The fraction of sp³-hybridized carbons (Fsp3) is 0.714. The van der Waals surface area contributed by atoms with Gasteiger partial charge in [0, 0.05) is 19.4 Å². The van der Waals surface area contributed by atoms with E-state index < -0.39 is 11.7 Å². The summed E-state index contributed by atoms with van der Waals surface area (Å²) in [5.41, 5.74) is -0.505. The molecule has 0 saturated heterocycles. The number of Topliss-reactive ketones (excluding diaryl/α,β-unsaturated/α-hetero) is 1. The number of carbonyl (C=O) groups is 2. The third kappa shape index (κ3) is 9.87. The van der Waals surface area contributed by atoms with Crippen molar-refractivity contribution in [1.29, 1.82) is 0 Å². The van der Waals surface area contributed by atoms with Crippen LogP contribution in [0.2, 0.25) is 0 Å². The van der Waals surface area contributed by atoms with E-state index in [0.717, 1.165) is 0 Å². The topological polar surface area (TPSA) is 55.4 Å². The first-order valence-electron chi connectivity index (χ1n) is 6.36. The zero-order chi connectivity index (χ0) is 14.2. The van der Waals surface area contributed by atoms with Crippen molar-refractivity contribution in [2.45, 2.75) is 53.1 Å². The predicted molar refractivity (Wildman–Crippen MR) is 72.5 cm³/mol. The van der Waals surface area contributed by atoms with E-state index in [1.165, 1.54) is 0 Å². The van der Waals surface area contributed by atoms with Gasteiger partial charge in [-0.25, -0.2) is 4.79 Å². The van der Waals surface area contributed by atoms with E-state index in [0.29, 0.717) is 19.4 Å². The highest BCUT2D eigenvalue weighted by Crippen LogP contribution is 2.07. The van der Waals surface area contributed by atoms with Gasteiger partial charge in [-0.3, -0.25) is 4.79 Å². The summed E-state index contributed by atoms with van der Waals surface area (Å²) in [6.07, 6.45) is 4.33. The molecule has 4 nitrogen and oxygen atoms in total. The molecule has 0 aliphatic carbocycles. The van der Waals surface area contributed by atoms with Crippen molar-refractivity contribution < 1.29 is 14.3 Å². The van der Waals surface area contributed by atoms with Gasteiger partial charge in [-0.2, -0.15) is 0 Å². The van der Waals surface area contributed by atoms with Gasteiger partial charge in [-0.15, -0.1) is 0 Å². The van der Waals surface area contributed by atoms with Gasteiger partial charge in [0.05, 0.1) is 0 Å². The lowest BCUT2D eigenvalue weighted by atomic mass is 10.0. The second kappa shape index (κ2) is 7.90. The normalized spacial score (nSPS) is 13.4. The lowest BCUT2D eigenvalue weighted by Crippen LogP contribution is -2.33. The van der Waals surface area contributed by atoms with Crippen LogP contribution in [0.15, 0.2) is 12.2 Å². The molecule has 0 spiro atoms. The average Bonchev–Trinajstić information content (AvgIpc) is 2.14. The Bertz CT molecular complexity index is 303. The fourth-order valence-electron chi connectivity index (χ4n) is 1.48. The minimum atomic E-state index is -0.505. The summed E-state index contributed by atoms with van der Waals surface area (Å²) in [6.45, 7) is 9.67. The SMILES string of the molecule is C/C=C/C(C)CC(=O)CCNC(=O)OC(C)(C)C. The summed E-state index contributed by atoms with van der Waals surface area (Å²) < 4.78 is 5.07. The quantitative estimate of drug-likeness (QED) is 0.742. The van der Waals surface area contributed by atoms with Crippen LogP contribution in [0.1, 0.15) is 47.5 Å². The van der Waals surface area contributed by atoms with E-state index in [-0.39, 0.29) is 11.7 Å². The number of amides is 1. The Morgan fingerprint density at radius 3 is 2.44 bits per heavy atom. The van der Waals surface area contributed by atoms with Gasteiger partial charge >= 0.3 is 6.09 Å². The van der Waals surface area contributed by atoms with Crippen LogP contribution in [0.5, 0.6) is 0 Å². The first kappa shape index (κ1) is 16.7. The third-order valence-electron chi connectivity index (χ3n) is 2.14. The minimum absolute atomic E-state index is 0.150. The molecular formula is C14H25NO3. The molecule has 0 aromatic rings. The molecule has 0 saturated carbocycles. The molecule has 0 bridgehead atoms. The highest BCUT2D eigenvalue weighted by Gasteiger charge is 2.16. The molecule has 0 rings (SSSR count). The largest absolute Gasteiger partial charge is 0.444 e. The molecule has 0 aliphatic heterocycles. The molecule has 0 aromatic carbocycles. The number of allylic oxidation sites excluding steroid dienone is 2. The van der Waals surface area contributed by atoms with Crippen molar-refractivity contribution in [3.63, 3.8) is 0 Å². The van der Waals surface area contributed by atoms with Gasteiger partial charge < -0.3 is 10.1 Å². The van der Waals surface area contributed by atoms with Crippen LogP contribution in [0.25, 0.3) is 0 Å². The van der Waals surface area contributed by atoms with E-state index in [2.05, 4.69) is 5.32 Å². The summed E-state index contributed by atoms with van der Waals surface area (Å²) in [6, 6.07) is 0. The van der Waals surface area contributed by atoms with Crippen LogP contribution in [-0.4, -0.2) is 24.0 Å². The summed E-state index contributed by atoms with van der Waals surface area (Å²) in [5, 5.41) is 2.58. The zero-order valence-electron chi connectivity index (χ0n) is 12.1. The molecule has 0 aromatic heterocycles. The Labute approximate surface area is 110 Å². The molecule has 1 amide bonds. The van der Waals surface area contributed by atoms with Crippen molar-refractivity contribution in [2.75, 3.05) is 6.54 Å². The molecule has 4 heteroatoms. The number of nitrogens with one attached hydrogen (secondary N) is 1. The zero-order valence-corrected chi connectivity index (χ0v) is 12.1. The number of alkyl carbamates (subject to hydrolysis) is 1. The van der Waals surface area contributed by atoms with Gasteiger partial charge in [-0.05, 0) is 33.6 Å². The first-order valence-corrected chi connectivity index (χ1v) is 6.36. The van der Waals surface area contributed by atoms with Crippen LogP contribution >= 0.6 is 0 Å². The van der Waals surface area contributed by atoms with E-state index in [9.17, 15) is 9.59 Å². The standard InChI is InChI=1S/C14H25NO3/c1-6-7-11(2)10-12(16)8-9-15-13(17)18-14(3,4)5/h6-7,11H,8-10H2,1-5H3,(H,15,17)/b7-6+. The number of ketones is 1. The van der Waals surface area contributed by atoms with Crippen molar-refractivity contribution in [2.24, 2.45) is 5.92 Å². The molecule has 1 unspecified atom stereocenters. The lowest BCUT2D eigenvalue weighted by Gasteiger charge is -2.19. The van der Waals surface area contributed by atoms with Gasteiger partial charge in [0.2, 0.25) is 0 Å². The minimum Gasteiger partial charge on any atom is -0.444 e. The van der Waals surface area contributed by atoms with Gasteiger partial charge in [-0.1, -0.05) is 19.1 Å². The highest BCUT2D eigenvalue weighted by atomic mass is 16.6. The summed E-state index contributed by atoms with van der Waals surface area (Å²) in [5.74, 6) is 0.403. The summed E-state index contributed by atoms with van der Waals surface area (Å²) in [7, 11) is 0. The maximum absolute atomic E-state index is 11.6. The predicted octanol–water partition coefficient (Wildman–Crippen LogP) is 3.07. The van der Waals surface area contributed by atoms with Crippen LogP contribution < -0.4 is 5.32 Å². The van der Waals surface area contributed by atoms with Crippen LogP contribution in [-0.2, 0) is 9.53 Å². The smallest absolute Gasteiger partial charge is 0.407 e.